The van der Waals surface area contributed by atoms with Gasteiger partial charge in [-0.2, -0.15) is 5.10 Å². The molecule has 5 rings (SSSR count). The van der Waals surface area contributed by atoms with Gasteiger partial charge in [0.05, 0.1) is 23.3 Å². The van der Waals surface area contributed by atoms with Gasteiger partial charge in [0.1, 0.15) is 23.5 Å². The van der Waals surface area contributed by atoms with Crippen LogP contribution in [0.4, 0.5) is 22.0 Å². The lowest BCUT2D eigenvalue weighted by atomic mass is 9.92. The highest BCUT2D eigenvalue weighted by Gasteiger charge is 2.27. The van der Waals surface area contributed by atoms with Crippen molar-refractivity contribution in [3.05, 3.63) is 64.5 Å². The van der Waals surface area contributed by atoms with Crippen LogP contribution in [-0.4, -0.2) is 51.6 Å². The quantitative estimate of drug-likeness (QED) is 0.408. The normalized spacial score (nSPS) is 13.6. The Balaban J connectivity index is 1.48. The molecule has 12 nitrogen and oxygen atoms in total. The summed E-state index contributed by atoms with van der Waals surface area (Å²) >= 11 is 0. The van der Waals surface area contributed by atoms with E-state index in [1.54, 1.807) is 36.1 Å². The molecule has 1 aliphatic rings. The van der Waals surface area contributed by atoms with E-state index in [0.29, 0.717) is 41.2 Å². The molecular formula is C25H28N8O4S. The van der Waals surface area contributed by atoms with Crippen molar-refractivity contribution in [1.82, 2.24) is 24.3 Å². The third-order valence-electron chi connectivity index (χ3n) is 6.40. The maximum absolute atomic E-state index is 13.0. The monoisotopic (exact) mass is 536 g/mol. The fourth-order valence-electron chi connectivity index (χ4n) is 4.44. The van der Waals surface area contributed by atoms with Crippen LogP contribution in [-0.2, 0) is 28.9 Å². The molecule has 38 heavy (non-hydrogen) atoms. The topological polar surface area (TPSA) is 144 Å². The Hall–Kier alpha value is -4.26. The van der Waals surface area contributed by atoms with Gasteiger partial charge >= 0.3 is 6.03 Å². The minimum atomic E-state index is -3.37. The smallest absolute Gasteiger partial charge is 0.303 e. The number of nitrogens with one attached hydrogen (secondary N) is 2. The Bertz CT molecular complexity index is 1750. The molecule has 0 aliphatic carbocycles. The van der Waals surface area contributed by atoms with E-state index >= 15 is 0 Å². The molecule has 0 atom stereocenters. The van der Waals surface area contributed by atoms with Gasteiger partial charge in [-0.3, -0.25) is 19.0 Å². The highest BCUT2D eigenvalue weighted by atomic mass is 32.2. The highest BCUT2D eigenvalue weighted by molar-refractivity contribution is 7.92. The van der Waals surface area contributed by atoms with Gasteiger partial charge in [-0.15, -0.1) is 0 Å². The van der Waals surface area contributed by atoms with Gasteiger partial charge in [0, 0.05) is 36.7 Å². The number of benzene rings is 1. The number of hydrogen-bond donors (Lipinski definition) is 2. The Morgan fingerprint density at radius 3 is 2.58 bits per heavy atom. The zero-order valence-corrected chi connectivity index (χ0v) is 22.5. The Morgan fingerprint density at radius 1 is 1.11 bits per heavy atom. The van der Waals surface area contributed by atoms with Crippen molar-refractivity contribution in [2.45, 2.75) is 32.6 Å². The molecule has 0 spiro atoms. The number of carbonyl (C=O) groups is 1. The van der Waals surface area contributed by atoms with Crippen molar-refractivity contribution in [2.75, 3.05) is 27.7 Å². The van der Waals surface area contributed by atoms with Crippen LogP contribution in [0.3, 0.4) is 0 Å². The number of aromatic nitrogens is 5. The third-order valence-corrected chi connectivity index (χ3v) is 7.58. The fraction of sp³-hybridized carbons (Fsp3) is 0.320. The van der Waals surface area contributed by atoms with Crippen molar-refractivity contribution in [1.29, 1.82) is 0 Å². The number of rotatable bonds is 4. The van der Waals surface area contributed by atoms with E-state index in [1.165, 1.54) is 27.5 Å². The maximum atomic E-state index is 13.0. The van der Waals surface area contributed by atoms with E-state index in [-0.39, 0.29) is 11.1 Å². The molecule has 1 aromatic carbocycles. The summed E-state index contributed by atoms with van der Waals surface area (Å²) in [5.41, 5.74) is 2.73. The standard InChI is InChI=1S/C25H28N8O4S/c1-25(2,3)20-12-21(29-24(35)28-18-11-16-13-26-14-27-22(16)31(4)23(18)34)33(30-20)17-6-7-19-15(10-17)8-9-32(19)38(5,36)37/h6-7,10-14H,8-9H2,1-5H3,(H2,28,29,35). The summed E-state index contributed by atoms with van der Waals surface area (Å²) in [6.45, 7) is 6.41. The van der Waals surface area contributed by atoms with Gasteiger partial charge in [0.2, 0.25) is 10.0 Å². The van der Waals surface area contributed by atoms with Gasteiger partial charge < -0.3 is 5.32 Å². The first-order valence-electron chi connectivity index (χ1n) is 11.9. The summed E-state index contributed by atoms with van der Waals surface area (Å²) in [7, 11) is -1.80. The second kappa shape index (κ2) is 8.94. The van der Waals surface area contributed by atoms with Crippen molar-refractivity contribution in [3.8, 4) is 5.69 Å². The number of fused-ring (bicyclic) bond motifs is 2. The lowest BCUT2D eigenvalue weighted by Gasteiger charge is -2.17. The number of pyridine rings is 1. The first kappa shape index (κ1) is 25.4. The van der Waals surface area contributed by atoms with E-state index in [9.17, 15) is 18.0 Å². The number of hydrogen-bond acceptors (Lipinski definition) is 7. The van der Waals surface area contributed by atoms with Gasteiger partial charge in [0.15, 0.2) is 0 Å². The lowest BCUT2D eigenvalue weighted by Crippen LogP contribution is -2.28. The predicted molar refractivity (Wildman–Crippen MR) is 146 cm³/mol. The van der Waals surface area contributed by atoms with Crippen LogP contribution >= 0.6 is 0 Å². The summed E-state index contributed by atoms with van der Waals surface area (Å²) in [5, 5.41) is 10.8. The number of aryl methyl sites for hydroxylation is 1. The number of sulfonamides is 1. The molecule has 4 heterocycles. The average Bonchev–Trinajstić information content (AvgIpc) is 3.46. The molecular weight excluding hydrogens is 508 g/mol. The molecule has 2 N–H and O–H groups in total. The molecule has 3 aromatic heterocycles. The third kappa shape index (κ3) is 4.60. The molecule has 0 bridgehead atoms. The molecule has 2 amide bonds. The zero-order valence-electron chi connectivity index (χ0n) is 21.7. The van der Waals surface area contributed by atoms with Crippen LogP contribution in [0, 0.1) is 0 Å². The van der Waals surface area contributed by atoms with Crippen LogP contribution < -0.4 is 20.5 Å². The van der Waals surface area contributed by atoms with Crippen LogP contribution in [0.5, 0.6) is 0 Å². The van der Waals surface area contributed by atoms with E-state index < -0.39 is 21.6 Å². The summed E-state index contributed by atoms with van der Waals surface area (Å²) in [5.74, 6) is 0.395. The largest absolute Gasteiger partial charge is 0.325 e. The molecule has 0 saturated heterocycles. The van der Waals surface area contributed by atoms with Gasteiger partial charge in [-0.25, -0.2) is 27.9 Å². The Labute approximate surface area is 219 Å². The SMILES string of the molecule is Cn1c(=O)c(NC(=O)Nc2cc(C(C)(C)C)nn2-c2ccc3c(c2)CCN3S(C)(=O)=O)cc2cncnc21. The number of amides is 2. The average molecular weight is 537 g/mol. The number of nitrogens with zero attached hydrogens (tertiary/aromatic N) is 6. The molecule has 1 aliphatic heterocycles. The second-order valence-electron chi connectivity index (χ2n) is 10.3. The molecule has 198 valence electrons. The van der Waals surface area contributed by atoms with Gasteiger partial charge in [0.25, 0.3) is 5.56 Å². The van der Waals surface area contributed by atoms with Crippen LogP contribution in [0.2, 0.25) is 0 Å². The van der Waals surface area contributed by atoms with Crippen molar-refractivity contribution >= 4 is 44.3 Å². The molecule has 0 saturated carbocycles. The molecule has 4 aromatic rings. The summed E-state index contributed by atoms with van der Waals surface area (Å²) in [6, 6.07) is 8.09. The zero-order chi connectivity index (χ0) is 27.4. The summed E-state index contributed by atoms with van der Waals surface area (Å²) < 4.78 is 28.6. The minimum absolute atomic E-state index is 0.0767. The summed E-state index contributed by atoms with van der Waals surface area (Å²) in [6.07, 6.45) is 4.68. The molecule has 0 unspecified atom stereocenters. The minimum Gasteiger partial charge on any atom is -0.303 e. The Kier molecular flexibility index (Phi) is 5.97. The highest BCUT2D eigenvalue weighted by Crippen LogP contribution is 2.33. The van der Waals surface area contributed by atoms with E-state index in [4.69, 9.17) is 5.10 Å². The van der Waals surface area contributed by atoms with E-state index in [1.807, 2.05) is 26.8 Å². The predicted octanol–water partition coefficient (Wildman–Crippen LogP) is 2.78. The second-order valence-corrected chi connectivity index (χ2v) is 12.2. The van der Waals surface area contributed by atoms with Crippen LogP contribution in [0.15, 0.2) is 47.7 Å². The first-order valence-corrected chi connectivity index (χ1v) is 13.8. The van der Waals surface area contributed by atoms with Crippen molar-refractivity contribution in [3.63, 3.8) is 0 Å². The van der Waals surface area contributed by atoms with Crippen molar-refractivity contribution in [2.24, 2.45) is 7.05 Å². The number of carbonyl (C=O) groups excluding carboxylic acids is 1. The van der Waals surface area contributed by atoms with Crippen molar-refractivity contribution < 1.29 is 13.2 Å². The lowest BCUT2D eigenvalue weighted by molar-refractivity contribution is 0.262. The van der Waals surface area contributed by atoms with E-state index in [0.717, 1.165) is 11.3 Å². The maximum Gasteiger partial charge on any atom is 0.325 e. The van der Waals surface area contributed by atoms with Gasteiger partial charge in [-0.05, 0) is 36.2 Å². The Morgan fingerprint density at radius 2 is 1.87 bits per heavy atom. The van der Waals surface area contributed by atoms with Crippen LogP contribution in [0.25, 0.3) is 16.7 Å². The number of urea groups is 1. The van der Waals surface area contributed by atoms with Crippen LogP contribution in [0.1, 0.15) is 32.0 Å². The van der Waals surface area contributed by atoms with Gasteiger partial charge in [-0.1, -0.05) is 20.8 Å². The first-order chi connectivity index (χ1) is 17.8. The molecule has 0 fully saturated rings. The van der Waals surface area contributed by atoms with E-state index in [2.05, 4.69) is 20.6 Å². The molecule has 0 radical (unpaired) electrons. The summed E-state index contributed by atoms with van der Waals surface area (Å²) in [4.78, 5) is 33.9. The fourth-order valence-corrected chi connectivity index (χ4v) is 5.40. The molecule has 13 heteroatoms. The number of anilines is 3.